The highest BCUT2D eigenvalue weighted by molar-refractivity contribution is 5.79. The van der Waals surface area contributed by atoms with Gasteiger partial charge in [0.1, 0.15) is 0 Å². The predicted octanol–water partition coefficient (Wildman–Crippen LogP) is 2.45. The van der Waals surface area contributed by atoms with Crippen molar-refractivity contribution in [2.75, 3.05) is 20.2 Å². The van der Waals surface area contributed by atoms with Gasteiger partial charge in [-0.25, -0.2) is 0 Å². The molecule has 1 aromatic heterocycles. The van der Waals surface area contributed by atoms with Crippen LogP contribution in [0.4, 0.5) is 0 Å². The Kier molecular flexibility index (Phi) is 4.08. The van der Waals surface area contributed by atoms with Crippen LogP contribution >= 0.6 is 0 Å². The van der Waals surface area contributed by atoms with Crippen molar-refractivity contribution < 1.29 is 4.74 Å². The predicted molar refractivity (Wildman–Crippen MR) is 84.6 cm³/mol. The van der Waals surface area contributed by atoms with Crippen LogP contribution in [0.5, 0.6) is 0 Å². The summed E-state index contributed by atoms with van der Waals surface area (Å²) in [6, 6.07) is 7.71. The average molecular weight is 286 g/mol. The van der Waals surface area contributed by atoms with E-state index in [1.807, 2.05) is 25.1 Å². The van der Waals surface area contributed by atoms with Gasteiger partial charge in [0.2, 0.25) is 0 Å². The highest BCUT2D eigenvalue weighted by atomic mass is 16.5. The number of benzene rings is 1. The molecule has 21 heavy (non-hydrogen) atoms. The van der Waals surface area contributed by atoms with E-state index in [1.54, 1.807) is 13.2 Å². The van der Waals surface area contributed by atoms with Crippen LogP contribution in [0.1, 0.15) is 24.1 Å². The Morgan fingerprint density at radius 1 is 1.29 bits per heavy atom. The Labute approximate surface area is 124 Å². The molecule has 1 aliphatic rings. The first-order chi connectivity index (χ1) is 10.2. The van der Waals surface area contributed by atoms with E-state index in [4.69, 9.17) is 4.74 Å². The summed E-state index contributed by atoms with van der Waals surface area (Å²) in [5.74, 6) is 0. The Bertz CT molecular complexity index is 685. The van der Waals surface area contributed by atoms with Gasteiger partial charge < -0.3 is 9.72 Å². The molecule has 1 aromatic carbocycles. The van der Waals surface area contributed by atoms with Gasteiger partial charge in [0.25, 0.3) is 0 Å². The number of likely N-dealkylation sites (tertiary alicyclic amines) is 1. The second-order valence-electron chi connectivity index (χ2n) is 5.92. The lowest BCUT2D eigenvalue weighted by Gasteiger charge is -2.31. The first-order valence-electron chi connectivity index (χ1n) is 7.53. The number of nitrogens with one attached hydrogen (secondary N) is 1. The second kappa shape index (κ2) is 6.00. The van der Waals surface area contributed by atoms with Gasteiger partial charge in [-0.2, -0.15) is 0 Å². The normalized spacial score (nSPS) is 17.4. The molecule has 0 amide bonds. The maximum Gasteiger partial charge on any atom is 0.189 e. The van der Waals surface area contributed by atoms with Crippen molar-refractivity contribution in [2.24, 2.45) is 0 Å². The fourth-order valence-electron chi connectivity index (χ4n) is 3.05. The topological polar surface area (TPSA) is 45.3 Å². The lowest BCUT2D eigenvalue weighted by molar-refractivity contribution is 0.0385. The Balaban J connectivity index is 1.79. The highest BCUT2D eigenvalue weighted by Gasteiger charge is 2.19. The van der Waals surface area contributed by atoms with Crippen molar-refractivity contribution in [1.82, 2.24) is 9.88 Å². The lowest BCUT2D eigenvalue weighted by atomic mass is 10.1. The molecule has 0 atom stereocenters. The molecule has 4 heteroatoms. The van der Waals surface area contributed by atoms with Crippen LogP contribution in [0.2, 0.25) is 0 Å². The molecule has 1 fully saturated rings. The second-order valence-corrected chi connectivity index (χ2v) is 5.92. The number of nitrogens with zero attached hydrogens (tertiary/aromatic N) is 1. The van der Waals surface area contributed by atoms with E-state index in [1.165, 1.54) is 0 Å². The molecule has 4 nitrogen and oxygen atoms in total. The smallest absolute Gasteiger partial charge is 0.189 e. The van der Waals surface area contributed by atoms with Crippen LogP contribution in [-0.4, -0.2) is 36.2 Å². The fraction of sp³-hybridized carbons (Fsp3) is 0.471. The maximum absolute atomic E-state index is 12.2. The van der Waals surface area contributed by atoms with Gasteiger partial charge in [0, 0.05) is 49.4 Å². The van der Waals surface area contributed by atoms with Gasteiger partial charge in [0.15, 0.2) is 5.43 Å². The summed E-state index contributed by atoms with van der Waals surface area (Å²) in [4.78, 5) is 18.0. The molecule has 1 N–H and O–H groups in total. The van der Waals surface area contributed by atoms with Crippen molar-refractivity contribution >= 4 is 10.9 Å². The number of hydrogen-bond donors (Lipinski definition) is 1. The van der Waals surface area contributed by atoms with Crippen LogP contribution in [0.15, 0.2) is 29.1 Å². The number of pyridine rings is 1. The zero-order valence-electron chi connectivity index (χ0n) is 12.7. The van der Waals surface area contributed by atoms with Crippen molar-refractivity contribution in [3.05, 3.63) is 45.7 Å². The van der Waals surface area contributed by atoms with Crippen LogP contribution in [0.3, 0.4) is 0 Å². The Hall–Kier alpha value is -1.65. The molecule has 3 rings (SSSR count). The molecule has 2 aromatic rings. The van der Waals surface area contributed by atoms with Crippen LogP contribution in [-0.2, 0) is 11.3 Å². The Morgan fingerprint density at radius 2 is 2.05 bits per heavy atom. The summed E-state index contributed by atoms with van der Waals surface area (Å²) >= 11 is 0. The average Bonchev–Trinajstić information content (AvgIpc) is 2.49. The number of aryl methyl sites for hydroxylation is 1. The molecule has 0 aliphatic carbocycles. The molecular formula is C17H22N2O2. The molecule has 0 spiro atoms. The molecule has 0 radical (unpaired) electrons. The fourth-order valence-corrected chi connectivity index (χ4v) is 3.05. The first-order valence-corrected chi connectivity index (χ1v) is 7.53. The molecular weight excluding hydrogens is 264 g/mol. The van der Waals surface area contributed by atoms with Gasteiger partial charge in [-0.3, -0.25) is 9.69 Å². The van der Waals surface area contributed by atoms with E-state index >= 15 is 0 Å². The number of fused-ring (bicyclic) bond motifs is 1. The quantitative estimate of drug-likeness (QED) is 0.942. The number of aromatic amines is 1. The molecule has 1 saturated heterocycles. The molecule has 1 aliphatic heterocycles. The third-order valence-electron chi connectivity index (χ3n) is 4.30. The van der Waals surface area contributed by atoms with Crippen LogP contribution in [0.25, 0.3) is 10.9 Å². The molecule has 0 bridgehead atoms. The first kappa shape index (κ1) is 14.3. The molecule has 112 valence electrons. The van der Waals surface area contributed by atoms with Gasteiger partial charge in [-0.1, -0.05) is 11.6 Å². The minimum Gasteiger partial charge on any atom is -0.381 e. The van der Waals surface area contributed by atoms with Crippen molar-refractivity contribution in [3.63, 3.8) is 0 Å². The minimum atomic E-state index is 0.106. The van der Waals surface area contributed by atoms with E-state index in [0.717, 1.165) is 54.6 Å². The zero-order valence-corrected chi connectivity index (χ0v) is 12.7. The number of methoxy groups -OCH3 is 1. The SMILES string of the molecule is COC1CCN(Cc2cc(=O)c3cc(C)ccc3[nH]2)CC1. The van der Waals surface area contributed by atoms with Crippen LogP contribution in [0, 0.1) is 6.92 Å². The number of hydrogen-bond acceptors (Lipinski definition) is 3. The van der Waals surface area contributed by atoms with Crippen molar-refractivity contribution in [1.29, 1.82) is 0 Å². The van der Waals surface area contributed by atoms with Crippen molar-refractivity contribution in [2.45, 2.75) is 32.4 Å². The van der Waals surface area contributed by atoms with E-state index in [2.05, 4.69) is 9.88 Å². The third-order valence-corrected chi connectivity index (χ3v) is 4.30. The standard InChI is InChI=1S/C17H22N2O2/c1-12-3-4-16-15(9-12)17(20)10-13(18-16)11-19-7-5-14(21-2)6-8-19/h3-4,9-10,14H,5-8,11H2,1-2H3,(H,18,20). The van der Waals surface area contributed by atoms with E-state index < -0.39 is 0 Å². The number of aromatic nitrogens is 1. The number of rotatable bonds is 3. The van der Waals surface area contributed by atoms with E-state index in [9.17, 15) is 4.79 Å². The minimum absolute atomic E-state index is 0.106. The highest BCUT2D eigenvalue weighted by Crippen LogP contribution is 2.16. The van der Waals surface area contributed by atoms with Gasteiger partial charge in [-0.05, 0) is 31.9 Å². The lowest BCUT2D eigenvalue weighted by Crippen LogP contribution is -2.36. The number of H-pyrrole nitrogens is 1. The Morgan fingerprint density at radius 3 is 2.76 bits per heavy atom. The summed E-state index contributed by atoms with van der Waals surface area (Å²) in [7, 11) is 1.78. The maximum atomic E-state index is 12.2. The van der Waals surface area contributed by atoms with Gasteiger partial charge >= 0.3 is 0 Å². The molecule has 0 saturated carbocycles. The van der Waals surface area contributed by atoms with Crippen molar-refractivity contribution in [3.8, 4) is 0 Å². The summed E-state index contributed by atoms with van der Waals surface area (Å²) in [5.41, 5.74) is 3.14. The van der Waals surface area contributed by atoms with Crippen LogP contribution < -0.4 is 5.43 Å². The summed E-state index contributed by atoms with van der Waals surface area (Å²) in [6.07, 6.45) is 2.51. The molecule has 0 unspecified atom stereocenters. The zero-order chi connectivity index (χ0) is 14.8. The summed E-state index contributed by atoms with van der Waals surface area (Å²) in [5, 5.41) is 0.775. The third kappa shape index (κ3) is 3.17. The van der Waals surface area contributed by atoms with Gasteiger partial charge in [0.05, 0.1) is 6.10 Å². The monoisotopic (exact) mass is 286 g/mol. The number of ether oxygens (including phenoxy) is 1. The summed E-state index contributed by atoms with van der Waals surface area (Å²) in [6.45, 7) is 4.85. The van der Waals surface area contributed by atoms with E-state index in [0.29, 0.717) is 6.10 Å². The summed E-state index contributed by atoms with van der Waals surface area (Å²) < 4.78 is 5.39. The largest absolute Gasteiger partial charge is 0.381 e. The van der Waals surface area contributed by atoms with Gasteiger partial charge in [-0.15, -0.1) is 0 Å². The number of piperidine rings is 1. The van der Waals surface area contributed by atoms with E-state index in [-0.39, 0.29) is 5.43 Å². The molecule has 2 heterocycles.